The van der Waals surface area contributed by atoms with E-state index in [2.05, 4.69) is 15.3 Å². The number of aromatic nitrogens is 2. The van der Waals surface area contributed by atoms with Gasteiger partial charge < -0.3 is 10.3 Å². The lowest BCUT2D eigenvalue weighted by Crippen LogP contribution is -2.20. The van der Waals surface area contributed by atoms with Crippen LogP contribution in [0.5, 0.6) is 0 Å². The van der Waals surface area contributed by atoms with Crippen LogP contribution in [0.4, 0.5) is 0 Å². The molecule has 1 saturated heterocycles. The maximum Gasteiger partial charge on any atom is 0.345 e. The molecule has 4 nitrogen and oxygen atoms in total. The predicted octanol–water partition coefficient (Wildman–Crippen LogP) is 0.503. The van der Waals surface area contributed by atoms with Gasteiger partial charge in [-0.1, -0.05) is 0 Å². The molecule has 1 aromatic heterocycles. The number of nitrogens with one attached hydrogen (secondary N) is 2. The Labute approximate surface area is 76.4 Å². The van der Waals surface area contributed by atoms with Crippen LogP contribution in [0, 0.1) is 6.92 Å². The van der Waals surface area contributed by atoms with E-state index in [1.54, 1.807) is 0 Å². The van der Waals surface area contributed by atoms with Crippen molar-refractivity contribution in [2.24, 2.45) is 0 Å². The lowest BCUT2D eigenvalue weighted by atomic mass is 10.1. The molecule has 1 unspecified atom stereocenters. The third-order valence-electron chi connectivity index (χ3n) is 2.32. The molecule has 1 atom stereocenters. The molecule has 0 aromatic carbocycles. The van der Waals surface area contributed by atoms with Gasteiger partial charge in [-0.3, -0.25) is 0 Å². The third-order valence-corrected chi connectivity index (χ3v) is 2.32. The van der Waals surface area contributed by atoms with Gasteiger partial charge in [0, 0.05) is 11.7 Å². The van der Waals surface area contributed by atoms with E-state index in [1.165, 1.54) is 0 Å². The van der Waals surface area contributed by atoms with E-state index in [1.807, 2.05) is 13.0 Å². The van der Waals surface area contributed by atoms with Gasteiger partial charge in [-0.15, -0.1) is 0 Å². The van der Waals surface area contributed by atoms with E-state index in [-0.39, 0.29) is 11.7 Å². The summed E-state index contributed by atoms with van der Waals surface area (Å²) in [5, 5.41) is 3.31. The van der Waals surface area contributed by atoms with Crippen molar-refractivity contribution in [3.63, 3.8) is 0 Å². The highest BCUT2D eigenvalue weighted by Gasteiger charge is 2.17. The summed E-state index contributed by atoms with van der Waals surface area (Å²) in [6.45, 7) is 2.90. The number of hydrogen-bond donors (Lipinski definition) is 2. The Balaban J connectivity index is 2.33. The number of rotatable bonds is 1. The minimum atomic E-state index is -0.247. The molecule has 0 amide bonds. The first kappa shape index (κ1) is 8.44. The molecule has 70 valence electrons. The van der Waals surface area contributed by atoms with E-state index < -0.39 is 0 Å². The average molecular weight is 179 g/mol. The standard InChI is InChI=1S/C9H13N3O/c1-6-5-8(12-9(13)11-6)7-3-2-4-10-7/h5,7,10H,2-4H2,1H3,(H,11,12,13). The molecule has 1 aliphatic rings. The SMILES string of the molecule is Cc1cc(C2CCCN2)nc(=O)[nH]1. The van der Waals surface area contributed by atoms with E-state index in [0.717, 1.165) is 30.8 Å². The van der Waals surface area contributed by atoms with Gasteiger partial charge >= 0.3 is 5.69 Å². The van der Waals surface area contributed by atoms with Crippen LogP contribution in [0.25, 0.3) is 0 Å². The summed E-state index contributed by atoms with van der Waals surface area (Å²) in [4.78, 5) is 17.7. The zero-order chi connectivity index (χ0) is 9.26. The van der Waals surface area contributed by atoms with Crippen molar-refractivity contribution in [2.45, 2.75) is 25.8 Å². The van der Waals surface area contributed by atoms with Gasteiger partial charge in [0.15, 0.2) is 0 Å². The molecule has 0 radical (unpaired) electrons. The number of aryl methyl sites for hydroxylation is 1. The maximum atomic E-state index is 11.1. The van der Waals surface area contributed by atoms with Crippen LogP contribution in [-0.2, 0) is 0 Å². The quantitative estimate of drug-likeness (QED) is 0.660. The van der Waals surface area contributed by atoms with Crippen molar-refractivity contribution in [3.05, 3.63) is 27.9 Å². The van der Waals surface area contributed by atoms with Crippen LogP contribution in [0.1, 0.15) is 30.3 Å². The highest BCUT2D eigenvalue weighted by atomic mass is 16.1. The van der Waals surface area contributed by atoms with Gasteiger partial charge in [0.25, 0.3) is 0 Å². The smallest absolute Gasteiger partial charge is 0.310 e. The van der Waals surface area contributed by atoms with Gasteiger partial charge in [-0.2, -0.15) is 4.98 Å². The Hall–Kier alpha value is -1.16. The molecule has 2 rings (SSSR count). The second-order valence-electron chi connectivity index (χ2n) is 3.44. The monoisotopic (exact) mass is 179 g/mol. The fraction of sp³-hybridized carbons (Fsp3) is 0.556. The van der Waals surface area contributed by atoms with Gasteiger partial charge in [0.05, 0.1) is 5.69 Å². The van der Waals surface area contributed by atoms with Crippen molar-refractivity contribution in [3.8, 4) is 0 Å². The van der Waals surface area contributed by atoms with Crippen molar-refractivity contribution in [2.75, 3.05) is 6.54 Å². The summed E-state index contributed by atoms with van der Waals surface area (Å²) in [5.74, 6) is 0. The van der Waals surface area contributed by atoms with Crippen LogP contribution in [0.3, 0.4) is 0 Å². The van der Waals surface area contributed by atoms with E-state index in [9.17, 15) is 4.79 Å². The van der Waals surface area contributed by atoms with Crippen molar-refractivity contribution < 1.29 is 0 Å². The lowest BCUT2D eigenvalue weighted by Gasteiger charge is -2.08. The molecule has 1 aliphatic heterocycles. The van der Waals surface area contributed by atoms with E-state index >= 15 is 0 Å². The fourth-order valence-electron chi connectivity index (χ4n) is 1.72. The minimum absolute atomic E-state index is 0.247. The largest absolute Gasteiger partial charge is 0.345 e. The zero-order valence-corrected chi connectivity index (χ0v) is 7.63. The molecule has 0 saturated carbocycles. The molecule has 13 heavy (non-hydrogen) atoms. The third kappa shape index (κ3) is 1.78. The second kappa shape index (κ2) is 3.30. The predicted molar refractivity (Wildman–Crippen MR) is 49.6 cm³/mol. The summed E-state index contributed by atoms with van der Waals surface area (Å²) in [7, 11) is 0. The van der Waals surface area contributed by atoms with Gasteiger partial charge in [-0.25, -0.2) is 4.79 Å². The molecule has 2 heterocycles. The van der Waals surface area contributed by atoms with E-state index in [0.29, 0.717) is 0 Å². The summed E-state index contributed by atoms with van der Waals surface area (Å²) in [6.07, 6.45) is 2.24. The first-order valence-electron chi connectivity index (χ1n) is 4.57. The molecule has 0 bridgehead atoms. The molecule has 0 aliphatic carbocycles. The van der Waals surface area contributed by atoms with Crippen molar-refractivity contribution in [1.82, 2.24) is 15.3 Å². The first-order valence-corrected chi connectivity index (χ1v) is 4.57. The summed E-state index contributed by atoms with van der Waals surface area (Å²) in [6, 6.07) is 2.21. The number of hydrogen-bond acceptors (Lipinski definition) is 3. The van der Waals surface area contributed by atoms with Crippen molar-refractivity contribution >= 4 is 0 Å². The molecule has 0 spiro atoms. The van der Waals surface area contributed by atoms with Crippen LogP contribution >= 0.6 is 0 Å². The fourth-order valence-corrected chi connectivity index (χ4v) is 1.72. The topological polar surface area (TPSA) is 57.8 Å². The maximum absolute atomic E-state index is 11.1. The van der Waals surface area contributed by atoms with Crippen LogP contribution < -0.4 is 11.0 Å². The summed E-state index contributed by atoms with van der Waals surface area (Å²) in [5.41, 5.74) is 1.51. The molecule has 2 N–H and O–H groups in total. The Bertz CT molecular complexity index is 352. The normalized spacial score (nSPS) is 22.1. The second-order valence-corrected chi connectivity index (χ2v) is 3.44. The zero-order valence-electron chi connectivity index (χ0n) is 7.63. The Morgan fingerprint density at radius 3 is 3.08 bits per heavy atom. The number of H-pyrrole nitrogens is 1. The Kier molecular flexibility index (Phi) is 2.14. The summed E-state index contributed by atoms with van der Waals surface area (Å²) < 4.78 is 0. The Morgan fingerprint density at radius 2 is 2.46 bits per heavy atom. The highest BCUT2D eigenvalue weighted by molar-refractivity contribution is 5.11. The molecule has 4 heteroatoms. The molecule has 1 aromatic rings. The number of aromatic amines is 1. The highest BCUT2D eigenvalue weighted by Crippen LogP contribution is 2.20. The average Bonchev–Trinajstić information content (AvgIpc) is 2.53. The van der Waals surface area contributed by atoms with Crippen molar-refractivity contribution in [1.29, 1.82) is 0 Å². The van der Waals surface area contributed by atoms with Gasteiger partial charge in [0.1, 0.15) is 0 Å². The van der Waals surface area contributed by atoms with Crippen LogP contribution in [-0.4, -0.2) is 16.5 Å². The summed E-state index contributed by atoms with van der Waals surface area (Å²) >= 11 is 0. The molecule has 1 fully saturated rings. The number of nitrogens with zero attached hydrogens (tertiary/aromatic N) is 1. The van der Waals surface area contributed by atoms with Gasteiger partial charge in [0.2, 0.25) is 0 Å². The lowest BCUT2D eigenvalue weighted by molar-refractivity contribution is 0.620. The Morgan fingerprint density at radius 1 is 1.62 bits per heavy atom. The van der Waals surface area contributed by atoms with E-state index in [4.69, 9.17) is 0 Å². The van der Waals surface area contributed by atoms with Crippen LogP contribution in [0.2, 0.25) is 0 Å². The molecular weight excluding hydrogens is 166 g/mol. The first-order chi connectivity index (χ1) is 6.25. The van der Waals surface area contributed by atoms with Crippen LogP contribution in [0.15, 0.2) is 10.9 Å². The minimum Gasteiger partial charge on any atom is -0.310 e. The van der Waals surface area contributed by atoms with Gasteiger partial charge in [-0.05, 0) is 32.4 Å². The molecular formula is C9H13N3O.